The molecule has 0 bridgehead atoms. The Morgan fingerprint density at radius 3 is 2.55 bits per heavy atom. The molecule has 10 heteroatoms. The Bertz CT molecular complexity index is 1390. The molecule has 2 aromatic carbocycles. The number of aryl methyl sites for hydroxylation is 3. The molecule has 0 aliphatic carbocycles. The third kappa shape index (κ3) is 8.59. The standard InChI is InChI=1S/C30H31F3N4O3/c1-34-28(38)15-14-27-35-17-19-37(27)18-3-2-4-22-7-12-26(13-8-22)39-20-25-21-40-29(36-25)16-9-23-5-10-24(11-6-23)30(31,32)33/h5-13,16-17,19,21H,2-4,14-15,18,20H2,1H3,(H,34,38). The van der Waals surface area contributed by atoms with E-state index in [1.54, 1.807) is 25.4 Å². The Balaban J connectivity index is 1.17. The molecule has 2 aromatic heterocycles. The fourth-order valence-electron chi connectivity index (χ4n) is 4.06. The first-order chi connectivity index (χ1) is 19.3. The van der Waals surface area contributed by atoms with Crippen LogP contribution in [0.25, 0.3) is 12.2 Å². The largest absolute Gasteiger partial charge is 0.487 e. The van der Waals surface area contributed by atoms with Gasteiger partial charge in [0.1, 0.15) is 30.1 Å². The number of carbonyl (C=O) groups is 1. The first-order valence-electron chi connectivity index (χ1n) is 13.0. The number of carbonyl (C=O) groups excluding carboxylic acids is 1. The van der Waals surface area contributed by atoms with E-state index < -0.39 is 11.7 Å². The molecule has 0 aliphatic heterocycles. The predicted molar refractivity (Wildman–Crippen MR) is 145 cm³/mol. The van der Waals surface area contributed by atoms with E-state index in [0.29, 0.717) is 35.7 Å². The van der Waals surface area contributed by atoms with Crippen molar-refractivity contribution in [3.05, 3.63) is 101 Å². The van der Waals surface area contributed by atoms with E-state index in [1.165, 1.54) is 24.0 Å². The van der Waals surface area contributed by atoms with Crippen LogP contribution in [0.15, 0.2) is 71.6 Å². The SMILES string of the molecule is CNC(=O)CCc1nccn1CCCCc1ccc(OCc2coc(C=Cc3ccc(C(F)(F)F)cc3)n2)cc1. The minimum Gasteiger partial charge on any atom is -0.487 e. The smallest absolute Gasteiger partial charge is 0.416 e. The zero-order valence-corrected chi connectivity index (χ0v) is 22.2. The van der Waals surface area contributed by atoms with E-state index in [2.05, 4.69) is 19.9 Å². The number of ether oxygens (including phenoxy) is 1. The summed E-state index contributed by atoms with van der Waals surface area (Å²) in [6.07, 6.45) is 8.13. The first kappa shape index (κ1) is 28.7. The van der Waals surface area contributed by atoms with Crippen molar-refractivity contribution >= 4 is 18.1 Å². The summed E-state index contributed by atoms with van der Waals surface area (Å²) in [6, 6.07) is 12.8. The van der Waals surface area contributed by atoms with Gasteiger partial charge in [-0.05, 0) is 60.7 Å². The van der Waals surface area contributed by atoms with Gasteiger partial charge < -0.3 is 19.0 Å². The fraction of sp³-hybridized carbons (Fsp3) is 0.300. The number of benzene rings is 2. The molecule has 2 heterocycles. The average molecular weight is 553 g/mol. The Morgan fingerprint density at radius 1 is 1.05 bits per heavy atom. The first-order valence-corrected chi connectivity index (χ1v) is 13.0. The van der Waals surface area contributed by atoms with Crippen LogP contribution in [0.1, 0.15) is 53.4 Å². The molecule has 4 aromatic rings. The van der Waals surface area contributed by atoms with Gasteiger partial charge >= 0.3 is 6.18 Å². The maximum absolute atomic E-state index is 12.7. The van der Waals surface area contributed by atoms with Crippen molar-refractivity contribution in [1.29, 1.82) is 0 Å². The number of hydrogen-bond acceptors (Lipinski definition) is 5. The van der Waals surface area contributed by atoms with E-state index in [1.807, 2.05) is 30.5 Å². The lowest BCUT2D eigenvalue weighted by atomic mass is 10.1. The average Bonchev–Trinajstić information content (AvgIpc) is 3.61. The fourth-order valence-corrected chi connectivity index (χ4v) is 4.06. The predicted octanol–water partition coefficient (Wildman–Crippen LogP) is 6.34. The van der Waals surface area contributed by atoms with Crippen LogP contribution in [-0.4, -0.2) is 27.5 Å². The van der Waals surface area contributed by atoms with Crippen molar-refractivity contribution in [3.8, 4) is 5.75 Å². The Kier molecular flexibility index (Phi) is 9.77. The van der Waals surface area contributed by atoms with Crippen molar-refractivity contribution in [2.24, 2.45) is 0 Å². The number of unbranched alkanes of at least 4 members (excludes halogenated alkanes) is 1. The number of aromatic nitrogens is 3. The lowest BCUT2D eigenvalue weighted by Crippen LogP contribution is -2.19. The van der Waals surface area contributed by atoms with Crippen LogP contribution in [0.5, 0.6) is 5.75 Å². The van der Waals surface area contributed by atoms with Gasteiger partial charge in [0.25, 0.3) is 0 Å². The molecule has 1 N–H and O–H groups in total. The topological polar surface area (TPSA) is 82.2 Å². The highest BCUT2D eigenvalue weighted by Gasteiger charge is 2.29. The van der Waals surface area contributed by atoms with Crippen molar-refractivity contribution in [1.82, 2.24) is 19.9 Å². The molecule has 0 fully saturated rings. The molecule has 7 nitrogen and oxygen atoms in total. The summed E-state index contributed by atoms with van der Waals surface area (Å²) in [5, 5.41) is 2.63. The number of rotatable bonds is 13. The highest BCUT2D eigenvalue weighted by molar-refractivity contribution is 5.75. The van der Waals surface area contributed by atoms with Crippen LogP contribution in [0.3, 0.4) is 0 Å². The molecule has 0 saturated heterocycles. The maximum Gasteiger partial charge on any atom is 0.416 e. The monoisotopic (exact) mass is 552 g/mol. The zero-order valence-electron chi connectivity index (χ0n) is 22.2. The lowest BCUT2D eigenvalue weighted by Gasteiger charge is -2.08. The van der Waals surface area contributed by atoms with E-state index >= 15 is 0 Å². The summed E-state index contributed by atoms with van der Waals surface area (Å²) >= 11 is 0. The van der Waals surface area contributed by atoms with Crippen LogP contribution in [0.4, 0.5) is 13.2 Å². The molecule has 4 rings (SSSR count). The quantitative estimate of drug-likeness (QED) is 0.196. The molecule has 0 saturated carbocycles. The van der Waals surface area contributed by atoms with Gasteiger partial charge in [0.2, 0.25) is 11.8 Å². The van der Waals surface area contributed by atoms with Crippen LogP contribution in [0.2, 0.25) is 0 Å². The Labute approximate surface area is 230 Å². The van der Waals surface area contributed by atoms with Crippen LogP contribution in [-0.2, 0) is 37.0 Å². The second-order valence-electron chi connectivity index (χ2n) is 9.23. The second kappa shape index (κ2) is 13.6. The second-order valence-corrected chi connectivity index (χ2v) is 9.23. The number of alkyl halides is 3. The molecular weight excluding hydrogens is 521 g/mol. The van der Waals surface area contributed by atoms with Crippen molar-refractivity contribution in [2.45, 2.75) is 51.4 Å². The van der Waals surface area contributed by atoms with E-state index in [0.717, 1.165) is 43.8 Å². The summed E-state index contributed by atoms with van der Waals surface area (Å²) in [6.45, 7) is 1.09. The molecular formula is C30H31F3N4O3. The Morgan fingerprint density at radius 2 is 1.82 bits per heavy atom. The summed E-state index contributed by atoms with van der Waals surface area (Å²) in [4.78, 5) is 20.2. The Hall–Kier alpha value is -4.34. The van der Waals surface area contributed by atoms with Gasteiger partial charge in [0.05, 0.1) is 5.56 Å². The highest BCUT2D eigenvalue weighted by atomic mass is 19.4. The van der Waals surface area contributed by atoms with Gasteiger partial charge in [0.15, 0.2) is 0 Å². The maximum atomic E-state index is 12.7. The third-order valence-electron chi connectivity index (χ3n) is 6.31. The molecule has 0 aliphatic rings. The number of amides is 1. The normalized spacial score (nSPS) is 11.7. The number of nitrogens with zero attached hydrogens (tertiary/aromatic N) is 3. The summed E-state index contributed by atoms with van der Waals surface area (Å²) in [7, 11) is 1.64. The van der Waals surface area contributed by atoms with Crippen LogP contribution < -0.4 is 10.1 Å². The van der Waals surface area contributed by atoms with Gasteiger partial charge in [-0.25, -0.2) is 9.97 Å². The van der Waals surface area contributed by atoms with Gasteiger partial charge in [-0.3, -0.25) is 4.79 Å². The number of imidazole rings is 1. The van der Waals surface area contributed by atoms with Gasteiger partial charge in [-0.15, -0.1) is 0 Å². The van der Waals surface area contributed by atoms with Crippen LogP contribution >= 0.6 is 0 Å². The van der Waals surface area contributed by atoms with Crippen molar-refractivity contribution < 1.29 is 27.1 Å². The van der Waals surface area contributed by atoms with Gasteiger partial charge in [0, 0.05) is 44.9 Å². The molecule has 0 unspecified atom stereocenters. The summed E-state index contributed by atoms with van der Waals surface area (Å²) in [5.41, 5.74) is 1.73. The highest BCUT2D eigenvalue weighted by Crippen LogP contribution is 2.29. The number of hydrogen-bond donors (Lipinski definition) is 1. The van der Waals surface area contributed by atoms with Gasteiger partial charge in [-0.2, -0.15) is 13.2 Å². The van der Waals surface area contributed by atoms with E-state index in [9.17, 15) is 18.0 Å². The molecule has 0 radical (unpaired) electrons. The third-order valence-corrected chi connectivity index (χ3v) is 6.31. The minimum atomic E-state index is -4.36. The van der Waals surface area contributed by atoms with Crippen LogP contribution in [0, 0.1) is 0 Å². The molecule has 1 amide bonds. The molecule has 0 atom stereocenters. The zero-order chi connectivity index (χ0) is 28.4. The number of halogens is 3. The summed E-state index contributed by atoms with van der Waals surface area (Å²) in [5.74, 6) is 2.00. The summed E-state index contributed by atoms with van der Waals surface area (Å²) < 4.78 is 51.4. The van der Waals surface area contributed by atoms with Crippen molar-refractivity contribution in [2.75, 3.05) is 7.05 Å². The van der Waals surface area contributed by atoms with Gasteiger partial charge in [-0.1, -0.05) is 24.3 Å². The molecule has 40 heavy (non-hydrogen) atoms. The minimum absolute atomic E-state index is 0.0136. The molecule has 210 valence electrons. The van der Waals surface area contributed by atoms with Crippen molar-refractivity contribution in [3.63, 3.8) is 0 Å². The van der Waals surface area contributed by atoms with E-state index in [-0.39, 0.29) is 12.5 Å². The molecule has 0 spiro atoms. The lowest BCUT2D eigenvalue weighted by molar-refractivity contribution is -0.137. The van der Waals surface area contributed by atoms with E-state index in [4.69, 9.17) is 9.15 Å². The number of oxazole rings is 1. The number of nitrogens with one attached hydrogen (secondary N) is 1.